The smallest absolute Gasteiger partial charge is 0.313 e. The molecule has 1 amide bonds. The fraction of sp³-hybridized carbons (Fsp3) is 0.667. The van der Waals surface area contributed by atoms with Gasteiger partial charge in [0, 0.05) is 25.0 Å². The second kappa shape index (κ2) is 6.24. The highest BCUT2D eigenvalue weighted by Gasteiger charge is 2.51. The number of piperidine rings is 2. The van der Waals surface area contributed by atoms with Gasteiger partial charge < -0.3 is 19.7 Å². The number of carboxylic acid groups (broad SMARTS) is 1. The quantitative estimate of drug-likeness (QED) is 0.887. The van der Waals surface area contributed by atoms with Gasteiger partial charge in [0.15, 0.2) is 0 Å². The van der Waals surface area contributed by atoms with Crippen LogP contribution in [0.25, 0.3) is 0 Å². The van der Waals surface area contributed by atoms with Crippen LogP contribution >= 0.6 is 0 Å². The molecule has 2 N–H and O–H groups in total. The molecule has 2 fully saturated rings. The third-order valence-electron chi connectivity index (χ3n) is 5.47. The van der Waals surface area contributed by atoms with Gasteiger partial charge in [-0.3, -0.25) is 9.59 Å². The van der Waals surface area contributed by atoms with E-state index in [1.807, 2.05) is 13.8 Å². The number of furan rings is 1. The molecule has 132 valence electrons. The van der Waals surface area contributed by atoms with Gasteiger partial charge >= 0.3 is 5.97 Å². The Morgan fingerprint density at radius 1 is 1.46 bits per heavy atom. The first-order valence-electron chi connectivity index (χ1n) is 8.71. The number of fused-ring (bicyclic) bond motifs is 1. The average molecular weight is 334 g/mol. The van der Waals surface area contributed by atoms with Gasteiger partial charge in [0.1, 0.15) is 16.9 Å². The van der Waals surface area contributed by atoms with Gasteiger partial charge in [-0.25, -0.2) is 0 Å². The molecule has 0 saturated carbocycles. The molecule has 3 heterocycles. The lowest BCUT2D eigenvalue weighted by Gasteiger charge is -2.48. The molecule has 2 aliphatic rings. The molecular formula is C18H26N2O4. The van der Waals surface area contributed by atoms with Gasteiger partial charge in [0.05, 0.1) is 5.56 Å². The Balaban J connectivity index is 1.85. The molecule has 0 aromatic carbocycles. The highest BCUT2D eigenvalue weighted by Crippen LogP contribution is 2.38. The Morgan fingerprint density at radius 3 is 2.83 bits per heavy atom. The standard InChI is InChI=1S/C18H26N2O4/c1-11(2)14-9-13(12(3)24-14)16(21)20-8-5-15-18(10-20,17(22)23)6-4-7-19-15/h9,11,15,19H,4-8,10H2,1-3H3,(H,22,23). The number of carbonyl (C=O) groups is 2. The van der Waals surface area contributed by atoms with Crippen LogP contribution in [0.1, 0.15) is 60.9 Å². The third kappa shape index (κ3) is 2.73. The minimum atomic E-state index is -0.870. The molecule has 0 spiro atoms. The van der Waals surface area contributed by atoms with Crippen LogP contribution in [0.15, 0.2) is 10.5 Å². The Labute approximate surface area is 142 Å². The highest BCUT2D eigenvalue weighted by molar-refractivity contribution is 5.96. The molecule has 6 nitrogen and oxygen atoms in total. The number of rotatable bonds is 3. The molecule has 1 aromatic rings. The summed E-state index contributed by atoms with van der Waals surface area (Å²) in [6.45, 7) is 7.52. The van der Waals surface area contributed by atoms with E-state index in [0.29, 0.717) is 30.7 Å². The van der Waals surface area contributed by atoms with E-state index >= 15 is 0 Å². The molecule has 6 heteroatoms. The fourth-order valence-corrected chi connectivity index (χ4v) is 3.99. The minimum absolute atomic E-state index is 0.0514. The van der Waals surface area contributed by atoms with E-state index in [9.17, 15) is 14.7 Å². The topological polar surface area (TPSA) is 82.8 Å². The highest BCUT2D eigenvalue weighted by atomic mass is 16.4. The third-order valence-corrected chi connectivity index (χ3v) is 5.47. The van der Waals surface area contributed by atoms with Crippen molar-refractivity contribution in [3.8, 4) is 0 Å². The van der Waals surface area contributed by atoms with E-state index < -0.39 is 11.4 Å². The van der Waals surface area contributed by atoms with Crippen LogP contribution in [0.2, 0.25) is 0 Å². The summed E-state index contributed by atoms with van der Waals surface area (Å²) in [4.78, 5) is 26.6. The second-order valence-electron chi connectivity index (χ2n) is 7.36. The number of hydrogen-bond acceptors (Lipinski definition) is 4. The summed E-state index contributed by atoms with van der Waals surface area (Å²) in [5.74, 6) is 0.690. The molecule has 2 unspecified atom stereocenters. The largest absolute Gasteiger partial charge is 0.481 e. The van der Waals surface area contributed by atoms with Crippen molar-refractivity contribution in [2.45, 2.75) is 52.0 Å². The van der Waals surface area contributed by atoms with E-state index in [2.05, 4.69) is 5.32 Å². The Hall–Kier alpha value is -1.82. The number of nitrogens with zero attached hydrogens (tertiary/aromatic N) is 1. The zero-order chi connectivity index (χ0) is 17.5. The summed E-state index contributed by atoms with van der Waals surface area (Å²) in [6, 6.07) is 1.76. The van der Waals surface area contributed by atoms with Gasteiger partial charge in [-0.05, 0) is 38.8 Å². The molecule has 2 saturated heterocycles. The van der Waals surface area contributed by atoms with Crippen LogP contribution in [-0.2, 0) is 4.79 Å². The Kier molecular flexibility index (Phi) is 4.42. The van der Waals surface area contributed by atoms with Gasteiger partial charge in [-0.1, -0.05) is 13.8 Å². The van der Waals surface area contributed by atoms with E-state index in [1.165, 1.54) is 0 Å². The van der Waals surface area contributed by atoms with Crippen molar-refractivity contribution < 1.29 is 19.1 Å². The van der Waals surface area contributed by atoms with Crippen molar-refractivity contribution in [3.63, 3.8) is 0 Å². The van der Waals surface area contributed by atoms with Crippen molar-refractivity contribution in [1.29, 1.82) is 0 Å². The van der Waals surface area contributed by atoms with Crippen molar-refractivity contribution in [2.24, 2.45) is 5.41 Å². The number of likely N-dealkylation sites (tertiary alicyclic amines) is 1. The van der Waals surface area contributed by atoms with Crippen LogP contribution < -0.4 is 5.32 Å². The number of carbonyl (C=O) groups excluding carboxylic acids is 1. The number of nitrogens with one attached hydrogen (secondary N) is 1. The number of hydrogen-bond donors (Lipinski definition) is 2. The normalized spacial score (nSPS) is 27.2. The van der Waals surface area contributed by atoms with Crippen LogP contribution in [0, 0.1) is 12.3 Å². The van der Waals surface area contributed by atoms with E-state index in [1.54, 1.807) is 17.9 Å². The molecule has 0 radical (unpaired) electrons. The van der Waals surface area contributed by atoms with E-state index in [4.69, 9.17) is 4.42 Å². The zero-order valence-electron chi connectivity index (χ0n) is 14.6. The van der Waals surface area contributed by atoms with Crippen LogP contribution in [0.3, 0.4) is 0 Å². The molecule has 3 rings (SSSR count). The molecule has 1 aromatic heterocycles. The van der Waals surface area contributed by atoms with E-state index in [-0.39, 0.29) is 24.4 Å². The van der Waals surface area contributed by atoms with Crippen LogP contribution in [0.5, 0.6) is 0 Å². The summed E-state index contributed by atoms with van der Waals surface area (Å²) in [5, 5.41) is 13.2. The predicted molar refractivity (Wildman–Crippen MR) is 89.1 cm³/mol. The Bertz CT molecular complexity index is 651. The summed E-state index contributed by atoms with van der Waals surface area (Å²) >= 11 is 0. The number of carboxylic acids is 1. The first kappa shape index (κ1) is 17.0. The number of amides is 1. The van der Waals surface area contributed by atoms with Gasteiger partial charge in [-0.2, -0.15) is 0 Å². The molecule has 24 heavy (non-hydrogen) atoms. The van der Waals surface area contributed by atoms with Crippen molar-refractivity contribution in [2.75, 3.05) is 19.6 Å². The number of aliphatic carboxylic acids is 1. The lowest BCUT2D eigenvalue weighted by molar-refractivity contribution is -0.156. The first-order valence-corrected chi connectivity index (χ1v) is 8.71. The summed E-state index contributed by atoms with van der Waals surface area (Å²) < 4.78 is 5.69. The maximum absolute atomic E-state index is 12.9. The van der Waals surface area contributed by atoms with E-state index in [0.717, 1.165) is 18.7 Å². The van der Waals surface area contributed by atoms with Crippen molar-refractivity contribution >= 4 is 11.9 Å². The summed E-state index contributed by atoms with van der Waals surface area (Å²) in [5.41, 5.74) is -0.313. The first-order chi connectivity index (χ1) is 11.3. The molecule has 0 aliphatic carbocycles. The monoisotopic (exact) mass is 334 g/mol. The van der Waals surface area contributed by atoms with Gasteiger partial charge in [-0.15, -0.1) is 0 Å². The lowest BCUT2D eigenvalue weighted by atomic mass is 9.70. The lowest BCUT2D eigenvalue weighted by Crippen LogP contribution is -2.63. The number of aryl methyl sites for hydroxylation is 1. The maximum Gasteiger partial charge on any atom is 0.313 e. The molecule has 2 atom stereocenters. The van der Waals surface area contributed by atoms with Gasteiger partial charge in [0.2, 0.25) is 0 Å². The SMILES string of the molecule is Cc1oc(C(C)C)cc1C(=O)N1CCC2NCCCC2(C(=O)O)C1. The summed E-state index contributed by atoms with van der Waals surface area (Å²) in [7, 11) is 0. The van der Waals surface area contributed by atoms with Crippen LogP contribution in [-0.4, -0.2) is 47.6 Å². The maximum atomic E-state index is 12.9. The minimum Gasteiger partial charge on any atom is -0.481 e. The van der Waals surface area contributed by atoms with Crippen LogP contribution in [0.4, 0.5) is 0 Å². The molecule has 2 aliphatic heterocycles. The Morgan fingerprint density at radius 2 is 2.21 bits per heavy atom. The summed E-state index contributed by atoms with van der Waals surface area (Å²) in [6.07, 6.45) is 2.12. The fourth-order valence-electron chi connectivity index (χ4n) is 3.99. The van der Waals surface area contributed by atoms with Crippen molar-refractivity contribution in [1.82, 2.24) is 10.2 Å². The predicted octanol–water partition coefficient (Wildman–Crippen LogP) is 2.38. The molecular weight excluding hydrogens is 308 g/mol. The van der Waals surface area contributed by atoms with Gasteiger partial charge in [0.25, 0.3) is 5.91 Å². The zero-order valence-corrected chi connectivity index (χ0v) is 14.6. The average Bonchev–Trinajstić information content (AvgIpc) is 2.95. The second-order valence-corrected chi connectivity index (χ2v) is 7.36. The molecule has 0 bridgehead atoms. The van der Waals surface area contributed by atoms with Crippen molar-refractivity contribution in [3.05, 3.63) is 23.2 Å².